The fourth-order valence-corrected chi connectivity index (χ4v) is 10.2. The Labute approximate surface area is 608 Å². The molecule has 36 heteroatoms. The molecule has 568 valence electrons. The van der Waals surface area contributed by atoms with Crippen LogP contribution < -0.4 is 0 Å². The lowest BCUT2D eigenvalue weighted by atomic mass is 9.93. The van der Waals surface area contributed by atoms with E-state index < -0.39 is 84.4 Å². The molecular formula is C65H79F13O16S7. The third-order valence-corrected chi connectivity index (χ3v) is 17.1. The fraction of sp³-hybridized carbons (Fsp3) is 0.446. The number of ether oxygens (including phenoxy) is 8. The van der Waals surface area contributed by atoms with Gasteiger partial charge in [0.2, 0.25) is 0 Å². The highest BCUT2D eigenvalue weighted by atomic mass is 32.2. The van der Waals surface area contributed by atoms with E-state index in [0.29, 0.717) is 115 Å². The second-order valence-corrected chi connectivity index (χ2v) is 27.2. The summed E-state index contributed by atoms with van der Waals surface area (Å²) in [5, 5.41) is 0. The normalized spacial score (nSPS) is 11.1. The average molecular weight is 1590 g/mol. The van der Waals surface area contributed by atoms with Crippen molar-refractivity contribution < 1.29 is 133 Å². The Morgan fingerprint density at radius 2 is 0.584 bits per heavy atom. The van der Waals surface area contributed by atoms with Gasteiger partial charge in [0.15, 0.2) is 0 Å². The molecule has 0 spiro atoms. The molecule has 2 rings (SSSR count). The van der Waals surface area contributed by atoms with Gasteiger partial charge in [0, 0.05) is 119 Å². The molecule has 0 amide bonds. The van der Waals surface area contributed by atoms with Crippen molar-refractivity contribution in [1.29, 1.82) is 0 Å². The highest BCUT2D eigenvalue weighted by Crippen LogP contribution is 2.60. The molecule has 2 aromatic rings. The molecule has 0 fully saturated rings. The maximum atomic E-state index is 13.4. The zero-order valence-electron chi connectivity index (χ0n) is 55.4. The van der Waals surface area contributed by atoms with Crippen LogP contribution in [0.2, 0.25) is 0 Å². The van der Waals surface area contributed by atoms with E-state index in [9.17, 15) is 95.4 Å². The second-order valence-electron chi connectivity index (χ2n) is 18.6. The fourth-order valence-electron chi connectivity index (χ4n) is 5.41. The average Bonchev–Trinajstić information content (AvgIpc) is 0.714. The molecule has 101 heavy (non-hydrogen) atoms. The van der Waals surface area contributed by atoms with Crippen LogP contribution in [0.15, 0.2) is 168 Å². The quantitative estimate of drug-likeness (QED) is 0.0151. The van der Waals surface area contributed by atoms with E-state index in [0.717, 1.165) is 43.2 Å². The number of carbonyl (C=O) groups is 8. The number of benzene rings is 2. The predicted molar refractivity (Wildman–Crippen MR) is 372 cm³/mol. The molecule has 0 aromatic heterocycles. The van der Waals surface area contributed by atoms with E-state index >= 15 is 0 Å². The zero-order chi connectivity index (χ0) is 77.9. The van der Waals surface area contributed by atoms with Gasteiger partial charge in [-0.05, 0) is 80.8 Å². The van der Waals surface area contributed by atoms with Crippen molar-refractivity contribution in [2.45, 2.75) is 89.5 Å². The summed E-state index contributed by atoms with van der Waals surface area (Å²) in [5.41, 5.74) is 1.25. The number of carbonyl (C=O) groups excluding carboxylic acids is 8. The van der Waals surface area contributed by atoms with Gasteiger partial charge in [0.05, 0.1) is 0 Å². The molecular weight excluding hydrogens is 1510 g/mol. The monoisotopic (exact) mass is 1590 g/mol. The minimum absolute atomic E-state index is 0.290. The summed E-state index contributed by atoms with van der Waals surface area (Å²) in [6.07, 6.45) is -4.43. The van der Waals surface area contributed by atoms with Crippen molar-refractivity contribution in [3.05, 3.63) is 148 Å². The Kier molecular flexibility index (Phi) is 53.2. The number of halogens is 13. The number of hydrogen-bond donors (Lipinski definition) is 0. The Hall–Kier alpha value is -6.34. The van der Waals surface area contributed by atoms with E-state index in [4.69, 9.17) is 33.2 Å². The van der Waals surface area contributed by atoms with Crippen LogP contribution in [-0.2, 0) is 76.3 Å². The molecule has 0 aliphatic carbocycles. The first-order chi connectivity index (χ1) is 47.1. The predicted octanol–water partition coefficient (Wildman–Crippen LogP) is 16.1. The number of alkyl halides is 13. The van der Waals surface area contributed by atoms with Crippen LogP contribution in [0.25, 0.3) is 0 Å². The van der Waals surface area contributed by atoms with Crippen molar-refractivity contribution in [3.8, 4) is 0 Å². The molecule has 0 heterocycles. The van der Waals surface area contributed by atoms with E-state index in [1.165, 1.54) is 23.9 Å². The molecule has 0 aliphatic rings. The number of hydrogen-bond acceptors (Lipinski definition) is 23. The topological polar surface area (TPSA) is 210 Å². The van der Waals surface area contributed by atoms with Crippen molar-refractivity contribution in [3.63, 3.8) is 0 Å². The van der Waals surface area contributed by atoms with Crippen LogP contribution in [0.1, 0.15) is 34.1 Å². The van der Waals surface area contributed by atoms with Gasteiger partial charge in [0.25, 0.3) is 0 Å². The summed E-state index contributed by atoms with van der Waals surface area (Å²) in [4.78, 5) is 91.1. The lowest BCUT2D eigenvalue weighted by Gasteiger charge is -2.39. The number of rotatable bonds is 44. The first-order valence-electron chi connectivity index (χ1n) is 29.0. The zero-order valence-corrected chi connectivity index (χ0v) is 61.1. The molecule has 0 radical (unpaired) electrons. The lowest BCUT2D eigenvalue weighted by Crippen LogP contribution is -2.70. The Balaban J connectivity index is -0.00000124. The molecule has 0 bridgehead atoms. The van der Waals surface area contributed by atoms with Crippen LogP contribution in [0.4, 0.5) is 57.1 Å². The molecule has 0 unspecified atom stereocenters. The van der Waals surface area contributed by atoms with Crippen LogP contribution in [0, 0.1) is 0 Å². The summed E-state index contributed by atoms with van der Waals surface area (Å²) < 4.78 is 205. The summed E-state index contributed by atoms with van der Waals surface area (Å²) in [6, 6.07) is 16.6. The van der Waals surface area contributed by atoms with E-state index in [1.54, 1.807) is 79.6 Å². The van der Waals surface area contributed by atoms with Gasteiger partial charge in [-0.25, -0.2) is 38.4 Å². The first kappa shape index (κ1) is 98.8. The highest BCUT2D eigenvalue weighted by molar-refractivity contribution is 8.00. The standard InChI is InChI=1S/C22H22O4S3.C13H11F13O2S.C12H18O4S.C10H14O4S.C8H14O2S/c1-3-21(23)25-13-15-27-17-5-9-19(10-6-17)29-20-11-7-18(8-12-20)28-16-14-26-22(24)4-2;1-2-7(27)28-4-6-29-5-3-8(14,15)9(16,17)10(18,19)11(20,21)12(22,23)13(24,25)26;1-9(2)11(13)15-5-7-17-8-6-16-12(14)10(3)4;1-3-9(11)13-5-7-15-8-6-14-10(12)4-2;1-4-11-6-5-10-8(9)7(2)3/h3-12H,1-2,13-16H2;2H,1,3-6H2;1,3,5-8H2,2,4H3;3-4H,1-2,5-8H2;2,4-6H2,1,3H3. The van der Waals surface area contributed by atoms with Gasteiger partial charge in [-0.1, -0.05) is 71.3 Å². The SMILES string of the molecule is C=C(C)C(=O)OCCSCC.C=C(C)C(=O)OCCSCCOC(=O)C(=C)C.C=CC(=O)OCCSCCC(F)(F)C(F)(F)C(F)(F)C(F)(F)C(F)(F)C(F)(F)F.C=CC(=O)OCCSCCOC(=O)C=C.C=CC(=O)OCCSc1ccc(Sc2ccc(SCCOC(=O)C=C)cc2)cc1. The van der Waals surface area contributed by atoms with Crippen molar-refractivity contribution in [2.75, 3.05) is 110 Å². The van der Waals surface area contributed by atoms with Gasteiger partial charge in [-0.2, -0.15) is 104 Å². The largest absolute Gasteiger partial charge is 0.462 e. The van der Waals surface area contributed by atoms with Gasteiger partial charge in [-0.3, -0.25) is 0 Å². The third kappa shape index (κ3) is 43.4. The summed E-state index contributed by atoms with van der Waals surface area (Å²) in [6.45, 7) is 35.7. The molecule has 0 N–H and O–H groups in total. The summed E-state index contributed by atoms with van der Waals surface area (Å²) >= 11 is 10.1. The van der Waals surface area contributed by atoms with Crippen LogP contribution in [-0.4, -0.2) is 194 Å². The molecule has 16 nitrogen and oxygen atoms in total. The van der Waals surface area contributed by atoms with Gasteiger partial charge in [-0.15, -0.1) is 23.5 Å². The minimum Gasteiger partial charge on any atom is -0.462 e. The van der Waals surface area contributed by atoms with E-state index in [-0.39, 0.29) is 23.7 Å². The van der Waals surface area contributed by atoms with Gasteiger partial charge >= 0.3 is 83.5 Å². The number of esters is 8. The van der Waals surface area contributed by atoms with Crippen molar-refractivity contribution in [1.82, 2.24) is 0 Å². The third-order valence-electron chi connectivity index (χ3n) is 10.5. The Morgan fingerprint density at radius 1 is 0.347 bits per heavy atom. The van der Waals surface area contributed by atoms with E-state index in [1.807, 2.05) is 0 Å². The Bertz CT molecular complexity index is 2830. The summed E-state index contributed by atoms with van der Waals surface area (Å²) in [5.74, 6) is -35.8. The number of thioether (sulfide) groups is 6. The smallest absolute Gasteiger partial charge is 0.460 e. The van der Waals surface area contributed by atoms with Crippen LogP contribution in [0.3, 0.4) is 0 Å². The molecule has 2 aromatic carbocycles. The molecule has 0 atom stereocenters. The van der Waals surface area contributed by atoms with Crippen LogP contribution >= 0.6 is 82.3 Å². The minimum atomic E-state index is -7.89. The maximum absolute atomic E-state index is 13.4. The second kappa shape index (κ2) is 54.3. The van der Waals surface area contributed by atoms with Gasteiger partial charge in [0.1, 0.15) is 52.9 Å². The van der Waals surface area contributed by atoms with E-state index in [2.05, 4.69) is 113 Å². The molecule has 0 saturated carbocycles. The maximum Gasteiger partial charge on any atom is 0.460 e. The first-order valence-corrected chi connectivity index (χ1v) is 36.4. The molecule has 0 saturated heterocycles. The summed E-state index contributed by atoms with van der Waals surface area (Å²) in [7, 11) is 0. The van der Waals surface area contributed by atoms with Gasteiger partial charge < -0.3 is 37.9 Å². The van der Waals surface area contributed by atoms with Crippen LogP contribution in [0.5, 0.6) is 0 Å². The molecule has 0 aliphatic heterocycles. The van der Waals surface area contributed by atoms with Crippen molar-refractivity contribution in [2.24, 2.45) is 0 Å². The van der Waals surface area contributed by atoms with Crippen molar-refractivity contribution >= 4 is 130 Å². The lowest BCUT2D eigenvalue weighted by molar-refractivity contribution is -0.439. The Morgan fingerprint density at radius 3 is 0.842 bits per heavy atom. The highest BCUT2D eigenvalue weighted by Gasteiger charge is 2.90.